The lowest BCUT2D eigenvalue weighted by molar-refractivity contribution is -0.142. The van der Waals surface area contributed by atoms with Crippen LogP contribution in [0.5, 0.6) is 0 Å². The third-order valence-corrected chi connectivity index (χ3v) is 3.92. The average Bonchev–Trinajstić information content (AvgIpc) is 2.80. The minimum absolute atomic E-state index is 0.0189. The standard InChI is InChI=1S/C12H20N2O4/c1-8-5-14(6-9(8)10(15)16)11(17)13-4-3-12(2,18)7-13/h8-9,18H,3-7H2,1-2H3,(H,15,16)/t8-,9-,12?/m1/s1. The fourth-order valence-electron chi connectivity index (χ4n) is 2.75. The SMILES string of the molecule is C[C@@H]1CN(C(=O)N2CCC(C)(O)C2)C[C@H]1C(=O)O. The Hall–Kier alpha value is -1.30. The topological polar surface area (TPSA) is 81.1 Å². The third-order valence-electron chi connectivity index (χ3n) is 3.92. The van der Waals surface area contributed by atoms with Crippen LogP contribution in [0, 0.1) is 11.8 Å². The number of β-amino-alcohol motifs (C(OH)–C–C–N with tert-alkyl or cyclic N) is 1. The van der Waals surface area contributed by atoms with Gasteiger partial charge in [-0.2, -0.15) is 0 Å². The first kappa shape index (κ1) is 13.1. The zero-order chi connectivity index (χ0) is 13.5. The number of hydrogen-bond acceptors (Lipinski definition) is 3. The first-order valence-corrected chi connectivity index (χ1v) is 6.29. The Morgan fingerprint density at radius 1 is 1.28 bits per heavy atom. The van der Waals surface area contributed by atoms with E-state index in [9.17, 15) is 14.7 Å². The molecule has 6 nitrogen and oxygen atoms in total. The van der Waals surface area contributed by atoms with Crippen molar-refractivity contribution in [3.63, 3.8) is 0 Å². The van der Waals surface area contributed by atoms with Gasteiger partial charge in [-0.15, -0.1) is 0 Å². The van der Waals surface area contributed by atoms with Crippen LogP contribution in [0.2, 0.25) is 0 Å². The molecule has 2 aliphatic heterocycles. The maximum Gasteiger partial charge on any atom is 0.320 e. The molecule has 18 heavy (non-hydrogen) atoms. The Balaban J connectivity index is 1.98. The second-order valence-corrected chi connectivity index (χ2v) is 5.78. The van der Waals surface area contributed by atoms with Gasteiger partial charge in [-0.25, -0.2) is 4.79 Å². The van der Waals surface area contributed by atoms with Gasteiger partial charge in [0.1, 0.15) is 0 Å². The van der Waals surface area contributed by atoms with Gasteiger partial charge in [0.05, 0.1) is 18.1 Å². The molecule has 2 saturated heterocycles. The van der Waals surface area contributed by atoms with Gasteiger partial charge < -0.3 is 20.0 Å². The van der Waals surface area contributed by atoms with Crippen molar-refractivity contribution < 1.29 is 19.8 Å². The molecule has 0 spiro atoms. The number of urea groups is 1. The lowest BCUT2D eigenvalue weighted by atomic mass is 9.99. The molecule has 2 aliphatic rings. The number of carboxylic acids is 1. The van der Waals surface area contributed by atoms with E-state index < -0.39 is 17.5 Å². The van der Waals surface area contributed by atoms with Gasteiger partial charge in [-0.3, -0.25) is 4.79 Å². The molecule has 2 rings (SSSR count). The van der Waals surface area contributed by atoms with Crippen LogP contribution in [0.25, 0.3) is 0 Å². The molecule has 0 aromatic heterocycles. The average molecular weight is 256 g/mol. The summed E-state index contributed by atoms with van der Waals surface area (Å²) < 4.78 is 0. The highest BCUT2D eigenvalue weighted by Gasteiger charge is 2.41. The molecule has 0 bridgehead atoms. The predicted octanol–water partition coefficient (Wildman–Crippen LogP) is 0.216. The maximum atomic E-state index is 12.2. The van der Waals surface area contributed by atoms with E-state index in [1.165, 1.54) is 0 Å². The molecular weight excluding hydrogens is 236 g/mol. The molecule has 102 valence electrons. The second kappa shape index (κ2) is 4.42. The largest absolute Gasteiger partial charge is 0.481 e. The Bertz CT molecular complexity index is 369. The zero-order valence-corrected chi connectivity index (χ0v) is 10.8. The molecule has 2 N–H and O–H groups in total. The van der Waals surface area contributed by atoms with Crippen molar-refractivity contribution in [3.8, 4) is 0 Å². The number of nitrogens with zero attached hydrogens (tertiary/aromatic N) is 2. The van der Waals surface area contributed by atoms with E-state index in [-0.39, 0.29) is 18.5 Å². The van der Waals surface area contributed by atoms with Crippen molar-refractivity contribution in [2.24, 2.45) is 11.8 Å². The van der Waals surface area contributed by atoms with Gasteiger partial charge in [0.2, 0.25) is 0 Å². The summed E-state index contributed by atoms with van der Waals surface area (Å²) in [5, 5.41) is 18.9. The van der Waals surface area contributed by atoms with E-state index in [1.807, 2.05) is 6.92 Å². The second-order valence-electron chi connectivity index (χ2n) is 5.78. The number of carbonyl (C=O) groups is 2. The Kier molecular flexibility index (Phi) is 3.23. The molecule has 0 aromatic rings. The van der Waals surface area contributed by atoms with Crippen LogP contribution in [-0.2, 0) is 4.79 Å². The van der Waals surface area contributed by atoms with E-state index in [1.54, 1.807) is 16.7 Å². The number of aliphatic hydroxyl groups is 1. The number of carboxylic acid groups (broad SMARTS) is 1. The highest BCUT2D eigenvalue weighted by atomic mass is 16.4. The number of carbonyl (C=O) groups excluding carboxylic acids is 1. The molecule has 0 aromatic carbocycles. The minimum Gasteiger partial charge on any atom is -0.481 e. The molecule has 0 saturated carbocycles. The Labute approximate surface area is 106 Å². The predicted molar refractivity (Wildman–Crippen MR) is 64.1 cm³/mol. The van der Waals surface area contributed by atoms with Crippen LogP contribution in [0.1, 0.15) is 20.3 Å². The number of hydrogen-bond donors (Lipinski definition) is 2. The van der Waals surface area contributed by atoms with Gasteiger partial charge >= 0.3 is 12.0 Å². The van der Waals surface area contributed by atoms with Gasteiger partial charge in [-0.05, 0) is 19.3 Å². The van der Waals surface area contributed by atoms with Gasteiger partial charge in [0, 0.05) is 19.6 Å². The zero-order valence-electron chi connectivity index (χ0n) is 10.8. The lowest BCUT2D eigenvalue weighted by Crippen LogP contribution is -2.43. The molecule has 0 aliphatic carbocycles. The summed E-state index contributed by atoms with van der Waals surface area (Å²) in [7, 11) is 0. The van der Waals surface area contributed by atoms with Crippen LogP contribution in [0.4, 0.5) is 4.79 Å². The first-order chi connectivity index (χ1) is 8.30. The molecule has 2 amide bonds. The summed E-state index contributed by atoms with van der Waals surface area (Å²) >= 11 is 0. The first-order valence-electron chi connectivity index (χ1n) is 6.29. The van der Waals surface area contributed by atoms with Gasteiger partial charge in [0.15, 0.2) is 0 Å². The quantitative estimate of drug-likeness (QED) is 0.703. The smallest absolute Gasteiger partial charge is 0.320 e. The molecule has 0 radical (unpaired) electrons. The summed E-state index contributed by atoms with van der Waals surface area (Å²) in [4.78, 5) is 26.4. The Morgan fingerprint density at radius 2 is 1.94 bits per heavy atom. The van der Waals surface area contributed by atoms with Crippen molar-refractivity contribution >= 4 is 12.0 Å². The summed E-state index contributed by atoms with van der Waals surface area (Å²) in [5.74, 6) is -1.34. The highest BCUT2D eigenvalue weighted by molar-refractivity contribution is 5.78. The van der Waals surface area contributed by atoms with Crippen molar-refractivity contribution in [3.05, 3.63) is 0 Å². The highest BCUT2D eigenvalue weighted by Crippen LogP contribution is 2.27. The normalized spacial score (nSPS) is 36.2. The summed E-state index contributed by atoms with van der Waals surface area (Å²) in [5.41, 5.74) is -0.812. The van der Waals surface area contributed by atoms with Crippen LogP contribution >= 0.6 is 0 Å². The van der Waals surface area contributed by atoms with Crippen molar-refractivity contribution in [2.45, 2.75) is 25.9 Å². The summed E-state index contributed by atoms with van der Waals surface area (Å²) in [6.45, 7) is 5.18. The fraction of sp³-hybridized carbons (Fsp3) is 0.833. The van der Waals surface area contributed by atoms with Crippen LogP contribution in [0.3, 0.4) is 0 Å². The maximum absolute atomic E-state index is 12.2. The van der Waals surface area contributed by atoms with Crippen LogP contribution < -0.4 is 0 Å². The Morgan fingerprint density at radius 3 is 2.39 bits per heavy atom. The van der Waals surface area contributed by atoms with Crippen molar-refractivity contribution in [1.29, 1.82) is 0 Å². The molecule has 1 unspecified atom stereocenters. The number of rotatable bonds is 1. The molecule has 2 heterocycles. The fourth-order valence-corrected chi connectivity index (χ4v) is 2.75. The molecular formula is C12H20N2O4. The minimum atomic E-state index is -0.841. The van der Waals surface area contributed by atoms with E-state index in [2.05, 4.69) is 0 Å². The van der Waals surface area contributed by atoms with Gasteiger partial charge in [0.25, 0.3) is 0 Å². The third kappa shape index (κ3) is 2.43. The lowest BCUT2D eigenvalue weighted by Gasteiger charge is -2.25. The summed E-state index contributed by atoms with van der Waals surface area (Å²) in [6.07, 6.45) is 0.574. The van der Waals surface area contributed by atoms with E-state index >= 15 is 0 Å². The summed E-state index contributed by atoms with van der Waals surface area (Å²) in [6, 6.07) is -0.150. The van der Waals surface area contributed by atoms with Crippen LogP contribution in [-0.4, -0.2) is 63.8 Å². The van der Waals surface area contributed by atoms with Gasteiger partial charge in [-0.1, -0.05) is 6.92 Å². The van der Waals surface area contributed by atoms with E-state index in [0.717, 1.165) is 0 Å². The van der Waals surface area contributed by atoms with E-state index in [4.69, 9.17) is 5.11 Å². The molecule has 3 atom stereocenters. The monoisotopic (exact) mass is 256 g/mol. The van der Waals surface area contributed by atoms with Crippen molar-refractivity contribution in [2.75, 3.05) is 26.2 Å². The van der Waals surface area contributed by atoms with Crippen LogP contribution in [0.15, 0.2) is 0 Å². The number of amides is 2. The van der Waals surface area contributed by atoms with Crippen molar-refractivity contribution in [1.82, 2.24) is 9.80 Å². The number of aliphatic carboxylic acids is 1. The number of likely N-dealkylation sites (tertiary alicyclic amines) is 2. The molecule has 6 heteroatoms. The molecule has 2 fully saturated rings. The van der Waals surface area contributed by atoms with E-state index in [0.29, 0.717) is 26.1 Å².